The summed E-state index contributed by atoms with van der Waals surface area (Å²) < 4.78 is 8.28. The predicted molar refractivity (Wildman–Crippen MR) is 107 cm³/mol. The molecule has 1 heterocycles. The second-order valence-corrected chi connectivity index (χ2v) is 6.75. The number of aromatic nitrogens is 3. The summed E-state index contributed by atoms with van der Waals surface area (Å²) in [6, 6.07) is 15.7. The van der Waals surface area contributed by atoms with Crippen molar-refractivity contribution in [3.63, 3.8) is 0 Å². The van der Waals surface area contributed by atoms with Gasteiger partial charge in [-0.1, -0.05) is 42.8 Å². The van der Waals surface area contributed by atoms with Crippen LogP contribution in [0, 0.1) is 4.77 Å². The molecule has 26 heavy (non-hydrogen) atoms. The topological polar surface area (TPSA) is 54.9 Å². The van der Waals surface area contributed by atoms with Crippen LogP contribution < -0.4 is 10.2 Å². The largest absolute Gasteiger partial charge is 0.489 e. The van der Waals surface area contributed by atoms with Crippen LogP contribution in [0.15, 0.2) is 48.5 Å². The van der Waals surface area contributed by atoms with Gasteiger partial charge >= 0.3 is 0 Å². The summed E-state index contributed by atoms with van der Waals surface area (Å²) >= 11 is 11.3. The van der Waals surface area contributed by atoms with E-state index in [-0.39, 0.29) is 0 Å². The van der Waals surface area contributed by atoms with Crippen LogP contribution in [-0.4, -0.2) is 14.9 Å². The van der Waals surface area contributed by atoms with Gasteiger partial charge in [0.1, 0.15) is 12.4 Å². The van der Waals surface area contributed by atoms with E-state index >= 15 is 0 Å². The molecule has 0 amide bonds. The van der Waals surface area contributed by atoms with E-state index in [1.807, 2.05) is 53.2 Å². The minimum absolute atomic E-state index is 0.477. The van der Waals surface area contributed by atoms with Crippen LogP contribution in [0.25, 0.3) is 0 Å². The summed E-state index contributed by atoms with van der Waals surface area (Å²) in [4.78, 5) is 0. The number of aromatic amines is 1. The third kappa shape index (κ3) is 4.86. The van der Waals surface area contributed by atoms with Gasteiger partial charge in [0.05, 0.1) is 6.54 Å². The van der Waals surface area contributed by atoms with Gasteiger partial charge in [0.2, 0.25) is 4.77 Å². The molecule has 0 bridgehead atoms. The van der Waals surface area contributed by atoms with Gasteiger partial charge in [-0.05, 0) is 54.0 Å². The monoisotopic (exact) mass is 388 g/mol. The molecule has 0 saturated heterocycles. The Bertz CT molecular complexity index is 922. The highest BCUT2D eigenvalue weighted by atomic mass is 35.5. The highest BCUT2D eigenvalue weighted by Gasteiger charge is 2.05. The highest BCUT2D eigenvalue weighted by Crippen LogP contribution is 2.17. The van der Waals surface area contributed by atoms with Crippen LogP contribution in [0.2, 0.25) is 5.02 Å². The molecule has 3 rings (SSSR count). The number of rotatable bonds is 8. The van der Waals surface area contributed by atoms with Crippen molar-refractivity contribution < 1.29 is 4.74 Å². The first-order valence-corrected chi connectivity index (χ1v) is 9.30. The maximum Gasteiger partial charge on any atom is 0.214 e. The minimum atomic E-state index is 0.477. The van der Waals surface area contributed by atoms with E-state index in [9.17, 15) is 0 Å². The second kappa shape index (κ2) is 8.87. The standard InChI is InChI=1S/C19H21ClN4OS/c1-2-5-18-22-23-19(26)24(18)21-12-14-6-4-9-17(11-14)25-13-15-7-3-8-16(20)10-15/h3-4,6-11,21H,2,5,12-13H2,1H3,(H,23,26). The predicted octanol–water partition coefficient (Wildman–Crippen LogP) is 4.87. The molecular weight excluding hydrogens is 368 g/mol. The highest BCUT2D eigenvalue weighted by molar-refractivity contribution is 7.71. The number of hydrogen-bond donors (Lipinski definition) is 2. The molecule has 0 aliphatic carbocycles. The Labute approximate surface area is 162 Å². The Morgan fingerprint density at radius 3 is 2.81 bits per heavy atom. The molecule has 3 aromatic rings. The lowest BCUT2D eigenvalue weighted by Crippen LogP contribution is -2.17. The molecule has 0 fully saturated rings. The molecule has 0 atom stereocenters. The molecule has 5 nitrogen and oxygen atoms in total. The lowest BCUT2D eigenvalue weighted by atomic mass is 10.2. The second-order valence-electron chi connectivity index (χ2n) is 5.93. The van der Waals surface area contributed by atoms with Crippen LogP contribution in [-0.2, 0) is 19.6 Å². The quantitative estimate of drug-likeness (QED) is 0.540. The molecule has 136 valence electrons. The molecule has 0 aliphatic heterocycles. The van der Waals surface area contributed by atoms with Gasteiger partial charge < -0.3 is 10.2 Å². The number of benzene rings is 2. The molecule has 2 N–H and O–H groups in total. The average Bonchev–Trinajstić information content (AvgIpc) is 2.99. The van der Waals surface area contributed by atoms with Gasteiger partial charge in [0.15, 0.2) is 5.82 Å². The van der Waals surface area contributed by atoms with Crippen LogP contribution >= 0.6 is 23.8 Å². The fourth-order valence-electron chi connectivity index (χ4n) is 2.59. The third-order valence-corrected chi connectivity index (χ3v) is 4.36. The molecule has 0 spiro atoms. The first-order valence-electron chi connectivity index (χ1n) is 8.52. The van der Waals surface area contributed by atoms with Crippen molar-refractivity contribution in [2.75, 3.05) is 5.43 Å². The van der Waals surface area contributed by atoms with Gasteiger partial charge in [0.25, 0.3) is 0 Å². The molecule has 1 aromatic heterocycles. The van der Waals surface area contributed by atoms with Crippen molar-refractivity contribution in [1.82, 2.24) is 14.9 Å². The van der Waals surface area contributed by atoms with Crippen LogP contribution in [0.5, 0.6) is 5.75 Å². The lowest BCUT2D eigenvalue weighted by molar-refractivity contribution is 0.306. The van der Waals surface area contributed by atoms with Gasteiger partial charge in [-0.2, -0.15) is 5.10 Å². The zero-order chi connectivity index (χ0) is 18.4. The number of ether oxygens (including phenoxy) is 1. The van der Waals surface area contributed by atoms with E-state index in [1.54, 1.807) is 0 Å². The van der Waals surface area contributed by atoms with E-state index in [4.69, 9.17) is 28.6 Å². The number of nitrogens with one attached hydrogen (secondary N) is 2. The van der Waals surface area contributed by atoms with E-state index in [0.29, 0.717) is 22.9 Å². The molecule has 7 heteroatoms. The van der Waals surface area contributed by atoms with Crippen LogP contribution in [0.1, 0.15) is 30.3 Å². The van der Waals surface area contributed by atoms with Crippen LogP contribution in [0.3, 0.4) is 0 Å². The minimum Gasteiger partial charge on any atom is -0.489 e. The smallest absolute Gasteiger partial charge is 0.214 e. The number of halogens is 1. The van der Waals surface area contributed by atoms with E-state index < -0.39 is 0 Å². The summed E-state index contributed by atoms with van der Waals surface area (Å²) in [5.41, 5.74) is 5.45. The van der Waals surface area contributed by atoms with Gasteiger partial charge in [0, 0.05) is 11.4 Å². The van der Waals surface area contributed by atoms with Gasteiger partial charge in [-0.25, -0.2) is 4.68 Å². The summed E-state index contributed by atoms with van der Waals surface area (Å²) in [6.07, 6.45) is 1.87. The van der Waals surface area contributed by atoms with E-state index in [0.717, 1.165) is 35.5 Å². The number of hydrogen-bond acceptors (Lipinski definition) is 4. The number of nitrogens with zero attached hydrogens (tertiary/aromatic N) is 2. The zero-order valence-electron chi connectivity index (χ0n) is 14.5. The summed E-state index contributed by atoms with van der Waals surface area (Å²) in [7, 11) is 0. The Morgan fingerprint density at radius 2 is 2.00 bits per heavy atom. The fraction of sp³-hybridized carbons (Fsp3) is 0.263. The molecule has 0 aliphatic rings. The summed E-state index contributed by atoms with van der Waals surface area (Å²) in [5.74, 6) is 1.72. The van der Waals surface area contributed by atoms with Crippen molar-refractivity contribution in [3.05, 3.63) is 75.3 Å². The van der Waals surface area contributed by atoms with Crippen LogP contribution in [0.4, 0.5) is 0 Å². The maximum atomic E-state index is 6.01. The Balaban J connectivity index is 1.62. The number of H-pyrrole nitrogens is 1. The van der Waals surface area contributed by atoms with Gasteiger partial charge in [-0.15, -0.1) is 0 Å². The molecular formula is C19H21ClN4OS. The molecule has 0 unspecified atom stereocenters. The van der Waals surface area contributed by atoms with E-state index in [2.05, 4.69) is 22.5 Å². The molecule has 0 radical (unpaired) electrons. The van der Waals surface area contributed by atoms with Crippen molar-refractivity contribution in [2.45, 2.75) is 32.9 Å². The van der Waals surface area contributed by atoms with Crippen molar-refractivity contribution >= 4 is 23.8 Å². The normalized spacial score (nSPS) is 10.7. The summed E-state index contributed by atoms with van der Waals surface area (Å²) in [6.45, 7) is 3.21. The Kier molecular flexibility index (Phi) is 6.30. The Morgan fingerprint density at radius 1 is 1.19 bits per heavy atom. The summed E-state index contributed by atoms with van der Waals surface area (Å²) in [5, 5.41) is 7.80. The first kappa shape index (κ1) is 18.5. The SMILES string of the molecule is CCCc1n[nH]c(=S)n1NCc1cccc(OCc2cccc(Cl)c2)c1. The van der Waals surface area contributed by atoms with Crippen molar-refractivity contribution in [1.29, 1.82) is 0 Å². The average molecular weight is 389 g/mol. The number of aryl methyl sites for hydroxylation is 1. The Hall–Kier alpha value is -2.31. The molecule has 2 aromatic carbocycles. The molecule has 0 saturated carbocycles. The lowest BCUT2D eigenvalue weighted by Gasteiger charge is -2.11. The van der Waals surface area contributed by atoms with Gasteiger partial charge in [-0.3, -0.25) is 5.10 Å². The third-order valence-electron chi connectivity index (χ3n) is 3.85. The van der Waals surface area contributed by atoms with Crippen molar-refractivity contribution in [3.8, 4) is 5.75 Å². The maximum absolute atomic E-state index is 6.01. The zero-order valence-corrected chi connectivity index (χ0v) is 16.1. The fourth-order valence-corrected chi connectivity index (χ4v) is 3.02. The van der Waals surface area contributed by atoms with Crippen molar-refractivity contribution in [2.24, 2.45) is 0 Å². The van der Waals surface area contributed by atoms with E-state index in [1.165, 1.54) is 0 Å². The first-order chi connectivity index (χ1) is 12.7.